The molecule has 1 aliphatic rings. The maximum absolute atomic E-state index is 11.9. The molecule has 3 heteroatoms. The molecule has 3 rings (SSSR count). The second kappa shape index (κ2) is 4.48. The van der Waals surface area contributed by atoms with Crippen molar-refractivity contribution in [2.45, 2.75) is 32.2 Å². The number of H-pyrrole nitrogens is 1. The highest BCUT2D eigenvalue weighted by atomic mass is 16.1. The summed E-state index contributed by atoms with van der Waals surface area (Å²) in [5.74, 6) is 1.71. The van der Waals surface area contributed by atoms with Crippen molar-refractivity contribution in [2.75, 3.05) is 5.32 Å². The molecule has 0 radical (unpaired) electrons. The molecule has 1 aromatic carbocycles. The molecule has 0 aliphatic heterocycles. The highest BCUT2D eigenvalue weighted by Crippen LogP contribution is 2.33. The molecule has 0 saturated heterocycles. The Morgan fingerprint density at radius 3 is 2.94 bits per heavy atom. The van der Waals surface area contributed by atoms with Gasteiger partial charge in [0.1, 0.15) is 5.82 Å². The van der Waals surface area contributed by atoms with E-state index in [1.54, 1.807) is 0 Å². The molecule has 94 valence electrons. The van der Waals surface area contributed by atoms with Crippen LogP contribution in [0.2, 0.25) is 0 Å². The van der Waals surface area contributed by atoms with Crippen molar-refractivity contribution in [3.05, 3.63) is 40.7 Å². The smallest absolute Gasteiger partial charge is 0.257 e. The number of benzene rings is 1. The van der Waals surface area contributed by atoms with Crippen LogP contribution in [-0.4, -0.2) is 11.0 Å². The van der Waals surface area contributed by atoms with Crippen molar-refractivity contribution in [2.24, 2.45) is 5.92 Å². The summed E-state index contributed by atoms with van der Waals surface area (Å²) in [7, 11) is 0. The predicted molar refractivity (Wildman–Crippen MR) is 75.0 cm³/mol. The molecule has 3 nitrogen and oxygen atoms in total. The van der Waals surface area contributed by atoms with E-state index >= 15 is 0 Å². The molecule has 1 aliphatic carbocycles. The van der Waals surface area contributed by atoms with E-state index < -0.39 is 0 Å². The summed E-state index contributed by atoms with van der Waals surface area (Å²) < 4.78 is 0. The minimum Gasteiger partial charge on any atom is -0.369 e. The van der Waals surface area contributed by atoms with Crippen molar-refractivity contribution in [1.82, 2.24) is 4.98 Å². The minimum absolute atomic E-state index is 0.0192. The van der Waals surface area contributed by atoms with E-state index in [0.717, 1.165) is 22.5 Å². The van der Waals surface area contributed by atoms with Crippen LogP contribution in [0.1, 0.15) is 26.2 Å². The molecular weight excluding hydrogens is 224 g/mol. The first-order chi connectivity index (χ1) is 8.72. The fourth-order valence-electron chi connectivity index (χ4n) is 2.47. The zero-order valence-electron chi connectivity index (χ0n) is 10.6. The lowest BCUT2D eigenvalue weighted by Gasteiger charge is -2.14. The van der Waals surface area contributed by atoms with Gasteiger partial charge < -0.3 is 10.3 Å². The number of anilines is 1. The monoisotopic (exact) mass is 242 g/mol. The van der Waals surface area contributed by atoms with Gasteiger partial charge in [0.25, 0.3) is 5.56 Å². The van der Waals surface area contributed by atoms with Gasteiger partial charge >= 0.3 is 0 Å². The first-order valence-corrected chi connectivity index (χ1v) is 6.61. The van der Waals surface area contributed by atoms with E-state index in [1.165, 1.54) is 19.3 Å². The molecule has 1 heterocycles. The lowest BCUT2D eigenvalue weighted by Crippen LogP contribution is -2.19. The summed E-state index contributed by atoms with van der Waals surface area (Å²) >= 11 is 0. The predicted octanol–water partition coefficient (Wildman–Crippen LogP) is 3.13. The largest absolute Gasteiger partial charge is 0.369 e. The van der Waals surface area contributed by atoms with Gasteiger partial charge in [0.2, 0.25) is 0 Å². The van der Waals surface area contributed by atoms with Crippen LogP contribution in [0, 0.1) is 5.92 Å². The van der Waals surface area contributed by atoms with E-state index in [2.05, 4.69) is 17.2 Å². The van der Waals surface area contributed by atoms with Gasteiger partial charge in [-0.3, -0.25) is 4.79 Å². The third-order valence-electron chi connectivity index (χ3n) is 3.54. The Morgan fingerprint density at radius 1 is 1.39 bits per heavy atom. The highest BCUT2D eigenvalue weighted by molar-refractivity contribution is 5.83. The molecule has 1 saturated carbocycles. The SMILES string of the molecule is CC(CC1CC1)Nc1cc2ccccc2c(=O)[nH]1. The number of aromatic nitrogens is 1. The molecule has 0 spiro atoms. The molecule has 0 bridgehead atoms. The summed E-state index contributed by atoms with van der Waals surface area (Å²) in [6, 6.07) is 10.1. The number of aromatic amines is 1. The van der Waals surface area contributed by atoms with Crippen LogP contribution in [0.3, 0.4) is 0 Å². The van der Waals surface area contributed by atoms with Crippen LogP contribution in [0.4, 0.5) is 5.82 Å². The van der Waals surface area contributed by atoms with Gasteiger partial charge in [-0.15, -0.1) is 0 Å². The Bertz CT molecular complexity index is 613. The highest BCUT2D eigenvalue weighted by Gasteiger charge is 2.23. The van der Waals surface area contributed by atoms with Crippen LogP contribution in [0.5, 0.6) is 0 Å². The molecule has 1 aromatic heterocycles. The van der Waals surface area contributed by atoms with E-state index in [-0.39, 0.29) is 5.56 Å². The van der Waals surface area contributed by atoms with Crippen LogP contribution >= 0.6 is 0 Å². The van der Waals surface area contributed by atoms with Gasteiger partial charge in [-0.1, -0.05) is 31.0 Å². The van der Waals surface area contributed by atoms with E-state index in [0.29, 0.717) is 6.04 Å². The Balaban J connectivity index is 1.85. The molecule has 18 heavy (non-hydrogen) atoms. The number of nitrogens with one attached hydrogen (secondary N) is 2. The summed E-state index contributed by atoms with van der Waals surface area (Å²) in [5, 5.41) is 5.13. The average molecular weight is 242 g/mol. The van der Waals surface area contributed by atoms with Crippen LogP contribution in [-0.2, 0) is 0 Å². The van der Waals surface area contributed by atoms with E-state index in [4.69, 9.17) is 0 Å². The summed E-state index contributed by atoms with van der Waals surface area (Å²) in [4.78, 5) is 14.8. The molecule has 1 unspecified atom stereocenters. The molecule has 0 amide bonds. The van der Waals surface area contributed by atoms with Gasteiger partial charge in [-0.2, -0.15) is 0 Å². The summed E-state index contributed by atoms with van der Waals surface area (Å²) in [6.45, 7) is 2.17. The number of fused-ring (bicyclic) bond motifs is 1. The lowest BCUT2D eigenvalue weighted by atomic mass is 10.1. The number of hydrogen-bond acceptors (Lipinski definition) is 2. The lowest BCUT2D eigenvalue weighted by molar-refractivity contribution is 0.640. The quantitative estimate of drug-likeness (QED) is 0.865. The Hall–Kier alpha value is -1.77. The zero-order chi connectivity index (χ0) is 12.5. The van der Waals surface area contributed by atoms with Crippen molar-refractivity contribution < 1.29 is 0 Å². The first-order valence-electron chi connectivity index (χ1n) is 6.61. The van der Waals surface area contributed by atoms with Gasteiger partial charge in [0, 0.05) is 11.4 Å². The van der Waals surface area contributed by atoms with Crippen molar-refractivity contribution in [3.63, 3.8) is 0 Å². The molecule has 1 atom stereocenters. The third kappa shape index (κ3) is 2.40. The van der Waals surface area contributed by atoms with E-state index in [1.807, 2.05) is 30.3 Å². The summed E-state index contributed by atoms with van der Waals surface area (Å²) in [6.07, 6.45) is 3.91. The van der Waals surface area contributed by atoms with Gasteiger partial charge in [-0.25, -0.2) is 0 Å². The first kappa shape index (κ1) is 11.3. The van der Waals surface area contributed by atoms with E-state index in [9.17, 15) is 4.79 Å². The number of hydrogen-bond donors (Lipinski definition) is 2. The number of pyridine rings is 1. The van der Waals surface area contributed by atoms with Gasteiger partial charge in [-0.05, 0) is 36.8 Å². The maximum Gasteiger partial charge on any atom is 0.257 e. The molecule has 1 fully saturated rings. The Morgan fingerprint density at radius 2 is 2.17 bits per heavy atom. The van der Waals surface area contributed by atoms with Crippen molar-refractivity contribution in [1.29, 1.82) is 0 Å². The fraction of sp³-hybridized carbons (Fsp3) is 0.400. The fourth-order valence-corrected chi connectivity index (χ4v) is 2.47. The van der Waals surface area contributed by atoms with Crippen LogP contribution < -0.4 is 10.9 Å². The Kier molecular flexibility index (Phi) is 2.82. The van der Waals surface area contributed by atoms with Crippen molar-refractivity contribution in [3.8, 4) is 0 Å². The van der Waals surface area contributed by atoms with Crippen LogP contribution in [0.25, 0.3) is 10.8 Å². The van der Waals surface area contributed by atoms with Gasteiger partial charge in [0.15, 0.2) is 0 Å². The molecular formula is C15H18N2O. The Labute approximate surface area is 106 Å². The average Bonchev–Trinajstić information content (AvgIpc) is 3.13. The molecule has 2 aromatic rings. The van der Waals surface area contributed by atoms with Crippen LogP contribution in [0.15, 0.2) is 35.1 Å². The second-order valence-electron chi connectivity index (χ2n) is 5.32. The zero-order valence-corrected chi connectivity index (χ0v) is 10.6. The summed E-state index contributed by atoms with van der Waals surface area (Å²) in [5.41, 5.74) is -0.0192. The molecule has 2 N–H and O–H groups in total. The topological polar surface area (TPSA) is 44.9 Å². The standard InChI is InChI=1S/C15H18N2O/c1-10(8-11-6-7-11)16-14-9-12-4-2-3-5-13(12)15(18)17-14/h2-5,9-11H,6-8H2,1H3,(H2,16,17,18). The second-order valence-corrected chi connectivity index (χ2v) is 5.32. The third-order valence-corrected chi connectivity index (χ3v) is 3.54. The normalized spacial score (nSPS) is 16.7. The van der Waals surface area contributed by atoms with Crippen molar-refractivity contribution >= 4 is 16.6 Å². The minimum atomic E-state index is -0.0192. The van der Waals surface area contributed by atoms with Gasteiger partial charge in [0.05, 0.1) is 0 Å². The maximum atomic E-state index is 11.9. The number of rotatable bonds is 4.